The van der Waals surface area contributed by atoms with Gasteiger partial charge in [0.1, 0.15) is 5.75 Å². The molecule has 1 rings (SSSR count). The first-order valence-electron chi connectivity index (χ1n) is 4.41. The van der Waals surface area contributed by atoms with E-state index in [4.69, 9.17) is 10.5 Å². The van der Waals surface area contributed by atoms with Gasteiger partial charge in [-0.25, -0.2) is 0 Å². The van der Waals surface area contributed by atoms with Crippen LogP contribution in [0.15, 0.2) is 28.7 Å². The van der Waals surface area contributed by atoms with Gasteiger partial charge < -0.3 is 10.5 Å². The molecule has 0 aliphatic rings. The first-order valence-corrected chi connectivity index (χ1v) is 5.20. The molecule has 2 N–H and O–H groups in total. The van der Waals surface area contributed by atoms with Crippen LogP contribution < -0.4 is 10.5 Å². The molecule has 0 amide bonds. The van der Waals surface area contributed by atoms with Gasteiger partial charge in [-0.15, -0.1) is 0 Å². The van der Waals surface area contributed by atoms with E-state index < -0.39 is 0 Å². The highest BCUT2D eigenvalue weighted by atomic mass is 79.9. The maximum atomic E-state index is 5.61. The topological polar surface area (TPSA) is 35.2 Å². The number of hydrogen-bond donors (Lipinski definition) is 1. The van der Waals surface area contributed by atoms with Crippen LogP contribution in [0.4, 0.5) is 0 Å². The van der Waals surface area contributed by atoms with E-state index in [1.807, 2.05) is 37.3 Å². The summed E-state index contributed by atoms with van der Waals surface area (Å²) >= 11 is 3.42. The van der Waals surface area contributed by atoms with Gasteiger partial charge in [-0.05, 0) is 40.5 Å². The Labute approximate surface area is 92.9 Å². The quantitative estimate of drug-likeness (QED) is 0.902. The molecule has 0 aliphatic carbocycles. The fraction of sp³-hybridized carbons (Fsp3) is 0.273. The van der Waals surface area contributed by atoms with E-state index in [0.717, 1.165) is 15.8 Å². The van der Waals surface area contributed by atoms with E-state index in [1.165, 1.54) is 0 Å². The lowest BCUT2D eigenvalue weighted by atomic mass is 10.2. The van der Waals surface area contributed by atoms with E-state index in [-0.39, 0.29) is 6.04 Å². The molecule has 0 saturated heterocycles. The Morgan fingerprint density at radius 2 is 2.21 bits per heavy atom. The third kappa shape index (κ3) is 3.16. The van der Waals surface area contributed by atoms with Gasteiger partial charge in [0.25, 0.3) is 0 Å². The summed E-state index contributed by atoms with van der Waals surface area (Å²) in [6.07, 6.45) is 3.95. The minimum atomic E-state index is 0.0795. The van der Waals surface area contributed by atoms with Crippen LogP contribution in [0.3, 0.4) is 0 Å². The molecular formula is C11H14BrNO. The van der Waals surface area contributed by atoms with Crippen molar-refractivity contribution in [1.82, 2.24) is 0 Å². The summed E-state index contributed by atoms with van der Waals surface area (Å²) in [6.45, 7) is 1.94. The maximum Gasteiger partial charge on any atom is 0.133 e. The Bertz CT molecular complexity index is 334. The van der Waals surface area contributed by atoms with Gasteiger partial charge in [-0.1, -0.05) is 18.2 Å². The van der Waals surface area contributed by atoms with E-state index >= 15 is 0 Å². The highest BCUT2D eigenvalue weighted by Crippen LogP contribution is 2.25. The summed E-state index contributed by atoms with van der Waals surface area (Å²) in [7, 11) is 1.65. The molecule has 14 heavy (non-hydrogen) atoms. The SMILES string of the molecule is COc1ccc(/C=C/C(C)N)cc1Br. The number of ether oxygens (including phenoxy) is 1. The second kappa shape index (κ2) is 5.17. The molecule has 1 unspecified atom stereocenters. The van der Waals surface area contributed by atoms with Crippen molar-refractivity contribution in [3.8, 4) is 5.75 Å². The van der Waals surface area contributed by atoms with Gasteiger partial charge in [0, 0.05) is 6.04 Å². The van der Waals surface area contributed by atoms with Gasteiger partial charge in [0.05, 0.1) is 11.6 Å². The normalized spacial score (nSPS) is 13.1. The van der Waals surface area contributed by atoms with E-state index in [0.29, 0.717) is 0 Å². The molecule has 0 fully saturated rings. The number of nitrogens with two attached hydrogens (primary N) is 1. The van der Waals surface area contributed by atoms with Crippen LogP contribution in [0, 0.1) is 0 Å². The Morgan fingerprint density at radius 3 is 2.71 bits per heavy atom. The highest BCUT2D eigenvalue weighted by molar-refractivity contribution is 9.10. The van der Waals surface area contributed by atoms with Crippen LogP contribution >= 0.6 is 15.9 Å². The Kier molecular flexibility index (Phi) is 4.17. The van der Waals surface area contributed by atoms with Crippen molar-refractivity contribution < 1.29 is 4.74 Å². The second-order valence-corrected chi connectivity index (χ2v) is 3.97. The van der Waals surface area contributed by atoms with Gasteiger partial charge in [0.2, 0.25) is 0 Å². The van der Waals surface area contributed by atoms with Gasteiger partial charge in [-0.2, -0.15) is 0 Å². The monoisotopic (exact) mass is 255 g/mol. The molecule has 0 bridgehead atoms. The predicted molar refractivity (Wildman–Crippen MR) is 63.4 cm³/mol. The summed E-state index contributed by atoms with van der Waals surface area (Å²) in [5.41, 5.74) is 6.72. The molecule has 1 aromatic carbocycles. The summed E-state index contributed by atoms with van der Waals surface area (Å²) < 4.78 is 6.08. The Balaban J connectivity index is 2.86. The zero-order chi connectivity index (χ0) is 10.6. The summed E-state index contributed by atoms with van der Waals surface area (Å²) in [6, 6.07) is 5.99. The van der Waals surface area contributed by atoms with E-state index in [1.54, 1.807) is 7.11 Å². The summed E-state index contributed by atoms with van der Waals surface area (Å²) in [5.74, 6) is 0.836. The first kappa shape index (κ1) is 11.3. The third-order valence-corrected chi connectivity index (χ3v) is 2.39. The number of benzene rings is 1. The van der Waals surface area contributed by atoms with Crippen molar-refractivity contribution in [2.24, 2.45) is 5.73 Å². The molecule has 0 heterocycles. The molecule has 0 saturated carbocycles. The molecular weight excluding hydrogens is 242 g/mol. The number of rotatable bonds is 3. The lowest BCUT2D eigenvalue weighted by molar-refractivity contribution is 0.412. The molecule has 1 atom stereocenters. The second-order valence-electron chi connectivity index (χ2n) is 3.11. The zero-order valence-electron chi connectivity index (χ0n) is 8.33. The molecule has 76 valence electrons. The summed E-state index contributed by atoms with van der Waals surface area (Å²) in [4.78, 5) is 0. The average molecular weight is 256 g/mol. The Morgan fingerprint density at radius 1 is 1.50 bits per heavy atom. The molecule has 1 aromatic rings. The summed E-state index contributed by atoms with van der Waals surface area (Å²) in [5, 5.41) is 0. The minimum Gasteiger partial charge on any atom is -0.496 e. The van der Waals surface area contributed by atoms with Crippen LogP contribution in [0.2, 0.25) is 0 Å². The van der Waals surface area contributed by atoms with Crippen molar-refractivity contribution in [1.29, 1.82) is 0 Å². The maximum absolute atomic E-state index is 5.61. The van der Waals surface area contributed by atoms with Crippen LogP contribution in [-0.2, 0) is 0 Å². The van der Waals surface area contributed by atoms with Crippen molar-refractivity contribution in [3.63, 3.8) is 0 Å². The lowest BCUT2D eigenvalue weighted by Gasteiger charge is -2.03. The molecule has 0 radical (unpaired) electrons. The Hall–Kier alpha value is -0.800. The van der Waals surface area contributed by atoms with Crippen LogP contribution in [0.5, 0.6) is 5.75 Å². The average Bonchev–Trinajstić information content (AvgIpc) is 2.15. The van der Waals surface area contributed by atoms with E-state index in [2.05, 4.69) is 15.9 Å². The number of hydrogen-bond acceptors (Lipinski definition) is 2. The van der Waals surface area contributed by atoms with Gasteiger partial charge >= 0.3 is 0 Å². The van der Waals surface area contributed by atoms with Gasteiger partial charge in [0.15, 0.2) is 0 Å². The zero-order valence-corrected chi connectivity index (χ0v) is 9.91. The van der Waals surface area contributed by atoms with Crippen molar-refractivity contribution in [2.45, 2.75) is 13.0 Å². The van der Waals surface area contributed by atoms with Crippen molar-refractivity contribution in [3.05, 3.63) is 34.3 Å². The van der Waals surface area contributed by atoms with Crippen LogP contribution in [-0.4, -0.2) is 13.2 Å². The third-order valence-electron chi connectivity index (χ3n) is 1.77. The molecule has 3 heteroatoms. The minimum absolute atomic E-state index is 0.0795. The van der Waals surface area contributed by atoms with E-state index in [9.17, 15) is 0 Å². The first-order chi connectivity index (χ1) is 6.63. The van der Waals surface area contributed by atoms with Crippen molar-refractivity contribution >= 4 is 22.0 Å². The fourth-order valence-corrected chi connectivity index (χ4v) is 1.61. The van der Waals surface area contributed by atoms with Crippen LogP contribution in [0.1, 0.15) is 12.5 Å². The number of halogens is 1. The smallest absolute Gasteiger partial charge is 0.133 e. The highest BCUT2D eigenvalue weighted by Gasteiger charge is 1.98. The molecule has 2 nitrogen and oxygen atoms in total. The number of methoxy groups -OCH3 is 1. The molecule has 0 aromatic heterocycles. The predicted octanol–water partition coefficient (Wildman–Crippen LogP) is 2.82. The largest absolute Gasteiger partial charge is 0.496 e. The van der Waals surface area contributed by atoms with Crippen molar-refractivity contribution in [2.75, 3.05) is 7.11 Å². The van der Waals surface area contributed by atoms with Crippen LogP contribution in [0.25, 0.3) is 6.08 Å². The van der Waals surface area contributed by atoms with Gasteiger partial charge in [-0.3, -0.25) is 0 Å². The molecule has 0 spiro atoms. The standard InChI is InChI=1S/C11H14BrNO/c1-8(13)3-4-9-5-6-11(14-2)10(12)7-9/h3-8H,13H2,1-2H3/b4-3+. The molecule has 0 aliphatic heterocycles. The fourth-order valence-electron chi connectivity index (χ4n) is 1.05. The lowest BCUT2D eigenvalue weighted by Crippen LogP contribution is -2.09.